The zero-order valence-electron chi connectivity index (χ0n) is 19.8. The van der Waals surface area contributed by atoms with Crippen LogP contribution in [0.3, 0.4) is 0 Å². The molecule has 8 nitrogen and oxygen atoms in total. The monoisotopic (exact) mass is 480 g/mol. The average molecular weight is 481 g/mol. The van der Waals surface area contributed by atoms with Crippen molar-refractivity contribution in [3.8, 4) is 0 Å². The first-order chi connectivity index (χ1) is 15.3. The molecule has 0 spiro atoms. The number of benzene rings is 1. The molecule has 0 saturated heterocycles. The van der Waals surface area contributed by atoms with Crippen molar-refractivity contribution in [2.75, 3.05) is 23.7 Å². The maximum Gasteiger partial charge on any atom is 0.249 e. The summed E-state index contributed by atoms with van der Waals surface area (Å²) in [7, 11) is -3.34. The molecule has 0 aliphatic carbocycles. The van der Waals surface area contributed by atoms with E-state index in [9.17, 15) is 8.76 Å². The number of hydrogen-bond acceptors (Lipinski definition) is 8. The first-order valence-corrected chi connectivity index (χ1v) is 13.8. The molecule has 10 heteroatoms. The average Bonchev–Trinajstić information content (AvgIpc) is 3.22. The fourth-order valence-electron chi connectivity index (χ4n) is 3.00. The van der Waals surface area contributed by atoms with Gasteiger partial charge in [0, 0.05) is 36.2 Å². The molecular weight excluding hydrogens is 444 g/mol. The maximum atomic E-state index is 12.6. The molecule has 0 fully saturated rings. The Morgan fingerprint density at radius 1 is 1.06 bits per heavy atom. The SMILES string of the molecule is CCCCN(CCCC)c1ccc(N=Nc2nc(C(C)C)ns2)c(N=S(=O)(O)CCC)c1. The summed E-state index contributed by atoms with van der Waals surface area (Å²) in [4.78, 5) is 6.69. The van der Waals surface area contributed by atoms with Crippen LogP contribution in [0.4, 0.5) is 22.2 Å². The molecule has 2 aromatic rings. The quantitative estimate of drug-likeness (QED) is 0.299. The predicted octanol–water partition coefficient (Wildman–Crippen LogP) is 7.47. The Labute approximate surface area is 196 Å². The fraction of sp³-hybridized carbons (Fsp3) is 0.636. The Kier molecular flexibility index (Phi) is 10.7. The normalized spacial score (nSPS) is 13.6. The van der Waals surface area contributed by atoms with Gasteiger partial charge in [0.2, 0.25) is 5.13 Å². The van der Waals surface area contributed by atoms with E-state index < -0.39 is 10.0 Å². The lowest BCUT2D eigenvalue weighted by Gasteiger charge is -2.25. The molecule has 32 heavy (non-hydrogen) atoms. The van der Waals surface area contributed by atoms with E-state index in [0.29, 0.717) is 22.9 Å². The molecule has 2 rings (SSSR count). The molecule has 0 radical (unpaired) electrons. The Morgan fingerprint density at radius 3 is 2.31 bits per heavy atom. The number of azo groups is 1. The van der Waals surface area contributed by atoms with Crippen LogP contribution in [0.15, 0.2) is 32.8 Å². The molecule has 0 bridgehead atoms. The largest absolute Gasteiger partial charge is 0.371 e. The highest BCUT2D eigenvalue weighted by molar-refractivity contribution is 7.88. The number of nitrogens with zero attached hydrogens (tertiary/aromatic N) is 6. The lowest BCUT2D eigenvalue weighted by molar-refractivity contribution is 0.550. The van der Waals surface area contributed by atoms with E-state index in [-0.39, 0.29) is 11.7 Å². The van der Waals surface area contributed by atoms with Crippen LogP contribution in [-0.2, 0) is 10.0 Å². The van der Waals surface area contributed by atoms with E-state index in [1.807, 2.05) is 39.0 Å². The lowest BCUT2D eigenvalue weighted by Crippen LogP contribution is -2.25. The molecule has 0 saturated carbocycles. The van der Waals surface area contributed by atoms with E-state index in [0.717, 1.165) is 50.3 Å². The van der Waals surface area contributed by atoms with Crippen LogP contribution in [0, 0.1) is 0 Å². The van der Waals surface area contributed by atoms with E-state index >= 15 is 0 Å². The van der Waals surface area contributed by atoms with Crippen molar-refractivity contribution < 1.29 is 8.76 Å². The van der Waals surface area contributed by atoms with Gasteiger partial charge in [-0.15, -0.1) is 10.2 Å². The highest BCUT2D eigenvalue weighted by Gasteiger charge is 2.13. The summed E-state index contributed by atoms with van der Waals surface area (Å²) >= 11 is 1.18. The fourth-order valence-corrected chi connectivity index (χ4v) is 4.71. The molecule has 0 amide bonds. The number of anilines is 1. The van der Waals surface area contributed by atoms with Crippen molar-refractivity contribution >= 4 is 43.7 Å². The summed E-state index contributed by atoms with van der Waals surface area (Å²) in [6.07, 6.45) is 4.94. The summed E-state index contributed by atoms with van der Waals surface area (Å²) < 4.78 is 31.4. The summed E-state index contributed by atoms with van der Waals surface area (Å²) in [6.45, 7) is 12.1. The molecule has 1 atom stereocenters. The molecule has 1 N–H and O–H groups in total. The van der Waals surface area contributed by atoms with Crippen molar-refractivity contribution in [2.24, 2.45) is 14.6 Å². The van der Waals surface area contributed by atoms with Crippen LogP contribution in [-0.4, -0.2) is 37.0 Å². The highest BCUT2D eigenvalue weighted by atomic mass is 32.2. The molecule has 1 heterocycles. The van der Waals surface area contributed by atoms with Gasteiger partial charge in [-0.3, -0.25) is 0 Å². The minimum absolute atomic E-state index is 0.108. The van der Waals surface area contributed by atoms with Gasteiger partial charge in [0.25, 0.3) is 0 Å². The van der Waals surface area contributed by atoms with Gasteiger partial charge in [-0.05, 0) is 37.5 Å². The van der Waals surface area contributed by atoms with Gasteiger partial charge in [-0.25, -0.2) is 4.21 Å². The Bertz CT molecular complexity index is 988. The molecule has 0 aliphatic rings. The van der Waals surface area contributed by atoms with Gasteiger partial charge in [0.05, 0.1) is 5.75 Å². The van der Waals surface area contributed by atoms with Crippen molar-refractivity contribution in [1.29, 1.82) is 0 Å². The second-order valence-electron chi connectivity index (χ2n) is 8.06. The molecule has 1 unspecified atom stereocenters. The van der Waals surface area contributed by atoms with Crippen LogP contribution < -0.4 is 4.90 Å². The van der Waals surface area contributed by atoms with Crippen molar-refractivity contribution in [3.63, 3.8) is 0 Å². The standard InChI is InChI=1S/C22H36N6O2S2/c1-6-9-13-28(14-10-7-2)18-11-12-19(20(16-18)27-32(29,30)15-8-3)24-25-22-23-21(17(4)5)26-31-22/h11-12,16-17H,6-10,13-15H2,1-5H3,(H,27,29,30). The number of rotatable bonds is 13. The molecule has 178 valence electrons. The third-order valence-corrected chi connectivity index (χ3v) is 6.83. The predicted molar refractivity (Wildman–Crippen MR) is 135 cm³/mol. The van der Waals surface area contributed by atoms with Crippen molar-refractivity contribution in [1.82, 2.24) is 9.36 Å². The number of unbranched alkanes of at least 4 members (excludes halogenated alkanes) is 2. The molecular formula is C22H36N6O2S2. The van der Waals surface area contributed by atoms with E-state index in [1.165, 1.54) is 11.5 Å². The minimum Gasteiger partial charge on any atom is -0.371 e. The van der Waals surface area contributed by atoms with Gasteiger partial charge in [0.15, 0.2) is 10.0 Å². The number of aromatic nitrogens is 2. The zero-order valence-corrected chi connectivity index (χ0v) is 21.5. The van der Waals surface area contributed by atoms with Crippen molar-refractivity contribution in [2.45, 2.75) is 72.6 Å². The van der Waals surface area contributed by atoms with Crippen LogP contribution in [0.1, 0.15) is 78.5 Å². The zero-order chi connectivity index (χ0) is 23.6. The third kappa shape index (κ3) is 8.22. The lowest BCUT2D eigenvalue weighted by atomic mass is 10.2. The molecule has 0 aliphatic heterocycles. The van der Waals surface area contributed by atoms with E-state index in [4.69, 9.17) is 0 Å². The smallest absolute Gasteiger partial charge is 0.249 e. The van der Waals surface area contributed by atoms with Crippen LogP contribution in [0.2, 0.25) is 0 Å². The van der Waals surface area contributed by atoms with Crippen LogP contribution in [0.25, 0.3) is 0 Å². The first-order valence-electron chi connectivity index (χ1n) is 11.4. The van der Waals surface area contributed by atoms with E-state index in [1.54, 1.807) is 0 Å². The minimum atomic E-state index is -3.34. The topological polar surface area (TPSA) is 103 Å². The van der Waals surface area contributed by atoms with Crippen LogP contribution in [0.5, 0.6) is 0 Å². The molecule has 1 aromatic heterocycles. The van der Waals surface area contributed by atoms with Crippen LogP contribution >= 0.6 is 11.5 Å². The van der Waals surface area contributed by atoms with Gasteiger partial charge in [0.1, 0.15) is 17.2 Å². The Hall–Kier alpha value is -1.91. The third-order valence-electron chi connectivity index (χ3n) is 4.79. The maximum absolute atomic E-state index is 12.6. The second kappa shape index (κ2) is 13.0. The van der Waals surface area contributed by atoms with Gasteiger partial charge in [-0.1, -0.05) is 47.5 Å². The summed E-state index contributed by atoms with van der Waals surface area (Å²) in [6, 6.07) is 5.65. The summed E-state index contributed by atoms with van der Waals surface area (Å²) in [5.74, 6) is 1.05. The number of hydrogen-bond donors (Lipinski definition) is 1. The first kappa shape index (κ1) is 26.3. The summed E-state index contributed by atoms with van der Waals surface area (Å²) in [5, 5.41) is 8.97. The summed E-state index contributed by atoms with van der Waals surface area (Å²) in [5.41, 5.74) is 1.80. The Morgan fingerprint density at radius 2 is 1.75 bits per heavy atom. The van der Waals surface area contributed by atoms with E-state index in [2.05, 4.69) is 42.7 Å². The van der Waals surface area contributed by atoms with Gasteiger partial charge in [-0.2, -0.15) is 13.7 Å². The highest BCUT2D eigenvalue weighted by Crippen LogP contribution is 2.35. The Balaban J connectivity index is 2.45. The second-order valence-corrected chi connectivity index (χ2v) is 10.6. The van der Waals surface area contributed by atoms with Gasteiger partial charge < -0.3 is 9.45 Å². The van der Waals surface area contributed by atoms with Gasteiger partial charge >= 0.3 is 0 Å². The van der Waals surface area contributed by atoms with Crippen molar-refractivity contribution in [3.05, 3.63) is 24.0 Å². The molecule has 1 aromatic carbocycles.